The average molecular weight is 332 g/mol. The Morgan fingerprint density at radius 2 is 1.88 bits per heavy atom. The van der Waals surface area contributed by atoms with Crippen LogP contribution >= 0.6 is 0 Å². The summed E-state index contributed by atoms with van der Waals surface area (Å²) in [5.41, 5.74) is 2.69. The third-order valence-electron chi connectivity index (χ3n) is 4.30. The summed E-state index contributed by atoms with van der Waals surface area (Å²) < 4.78 is 5.38. The Bertz CT molecular complexity index is 498. The summed E-state index contributed by atoms with van der Waals surface area (Å²) in [6.45, 7) is 11.8. The zero-order valence-electron chi connectivity index (χ0n) is 15.2. The van der Waals surface area contributed by atoms with Gasteiger partial charge < -0.3 is 15.4 Å². The number of hydrogen-bond acceptors (Lipinski definition) is 3. The van der Waals surface area contributed by atoms with Gasteiger partial charge in [0.2, 0.25) is 0 Å². The Hall–Kier alpha value is -1.59. The van der Waals surface area contributed by atoms with Crippen LogP contribution < -0.4 is 10.6 Å². The molecule has 134 valence electrons. The van der Waals surface area contributed by atoms with Gasteiger partial charge in [-0.3, -0.25) is 4.90 Å². The number of nitrogens with zero attached hydrogens (tertiary/aromatic N) is 2. The molecule has 0 saturated carbocycles. The second-order valence-corrected chi connectivity index (χ2v) is 6.05. The van der Waals surface area contributed by atoms with Crippen LogP contribution in [0.2, 0.25) is 0 Å². The smallest absolute Gasteiger partial charge is 0.191 e. The van der Waals surface area contributed by atoms with Crippen LogP contribution in [0.5, 0.6) is 0 Å². The van der Waals surface area contributed by atoms with Crippen molar-refractivity contribution in [2.75, 3.05) is 45.9 Å². The van der Waals surface area contributed by atoms with E-state index in [0.29, 0.717) is 0 Å². The van der Waals surface area contributed by atoms with E-state index in [0.717, 1.165) is 71.3 Å². The van der Waals surface area contributed by atoms with Crippen molar-refractivity contribution in [2.24, 2.45) is 4.99 Å². The minimum Gasteiger partial charge on any atom is -0.379 e. The SMILES string of the molecule is CCNC(=NCc1ccccc1CC)NCCCN1CCOCC1. The summed E-state index contributed by atoms with van der Waals surface area (Å²) in [4.78, 5) is 7.20. The fraction of sp³-hybridized carbons (Fsp3) is 0.632. The number of benzene rings is 1. The van der Waals surface area contributed by atoms with Gasteiger partial charge in [0.1, 0.15) is 0 Å². The molecule has 0 spiro atoms. The lowest BCUT2D eigenvalue weighted by atomic mass is 10.1. The summed E-state index contributed by atoms with van der Waals surface area (Å²) >= 11 is 0. The van der Waals surface area contributed by atoms with Gasteiger partial charge in [-0.1, -0.05) is 31.2 Å². The molecule has 1 aliphatic heterocycles. The quantitative estimate of drug-likeness (QED) is 0.434. The largest absolute Gasteiger partial charge is 0.379 e. The van der Waals surface area contributed by atoms with E-state index in [1.165, 1.54) is 11.1 Å². The van der Waals surface area contributed by atoms with Crippen LogP contribution in [0.3, 0.4) is 0 Å². The van der Waals surface area contributed by atoms with Crippen LogP contribution in [0.1, 0.15) is 31.4 Å². The van der Waals surface area contributed by atoms with E-state index in [-0.39, 0.29) is 0 Å². The molecule has 1 saturated heterocycles. The van der Waals surface area contributed by atoms with Crippen LogP contribution in [0.15, 0.2) is 29.3 Å². The zero-order valence-corrected chi connectivity index (χ0v) is 15.2. The van der Waals surface area contributed by atoms with E-state index in [1.54, 1.807) is 0 Å². The highest BCUT2D eigenvalue weighted by atomic mass is 16.5. The second-order valence-electron chi connectivity index (χ2n) is 6.05. The van der Waals surface area contributed by atoms with Gasteiger partial charge in [-0.05, 0) is 37.4 Å². The van der Waals surface area contributed by atoms with E-state index in [2.05, 4.69) is 53.6 Å². The molecule has 5 nitrogen and oxygen atoms in total. The molecule has 0 amide bonds. The minimum atomic E-state index is 0.725. The summed E-state index contributed by atoms with van der Waals surface area (Å²) in [5, 5.41) is 6.78. The maximum Gasteiger partial charge on any atom is 0.191 e. The molecule has 0 aliphatic carbocycles. The van der Waals surface area contributed by atoms with E-state index >= 15 is 0 Å². The predicted molar refractivity (Wildman–Crippen MR) is 101 cm³/mol. The molecule has 1 aromatic carbocycles. The number of aliphatic imine (C=N–C) groups is 1. The topological polar surface area (TPSA) is 48.9 Å². The molecular formula is C19H32N4O. The highest BCUT2D eigenvalue weighted by Crippen LogP contribution is 2.10. The molecule has 0 radical (unpaired) electrons. The van der Waals surface area contributed by atoms with Crippen molar-refractivity contribution >= 4 is 5.96 Å². The normalized spacial score (nSPS) is 16.2. The Morgan fingerprint density at radius 3 is 2.58 bits per heavy atom. The van der Waals surface area contributed by atoms with Crippen molar-refractivity contribution in [2.45, 2.75) is 33.2 Å². The lowest BCUT2D eigenvalue weighted by Crippen LogP contribution is -2.40. The molecule has 0 bridgehead atoms. The monoisotopic (exact) mass is 332 g/mol. The zero-order chi connectivity index (χ0) is 17.0. The number of aryl methyl sites for hydroxylation is 1. The maximum atomic E-state index is 5.38. The number of hydrogen-bond donors (Lipinski definition) is 2. The Kier molecular flexibility index (Phi) is 8.63. The lowest BCUT2D eigenvalue weighted by Gasteiger charge is -2.26. The number of rotatable bonds is 8. The predicted octanol–water partition coefficient (Wildman–Crippen LogP) is 2.03. The van der Waals surface area contributed by atoms with Gasteiger partial charge in [-0.25, -0.2) is 4.99 Å². The van der Waals surface area contributed by atoms with Crippen LogP contribution in [0, 0.1) is 0 Å². The van der Waals surface area contributed by atoms with Crippen LogP contribution in [-0.2, 0) is 17.7 Å². The fourth-order valence-corrected chi connectivity index (χ4v) is 2.90. The van der Waals surface area contributed by atoms with Gasteiger partial charge in [0, 0.05) is 26.2 Å². The number of morpholine rings is 1. The highest BCUT2D eigenvalue weighted by molar-refractivity contribution is 5.79. The summed E-state index contributed by atoms with van der Waals surface area (Å²) in [6.07, 6.45) is 2.17. The van der Waals surface area contributed by atoms with Gasteiger partial charge >= 0.3 is 0 Å². The summed E-state index contributed by atoms with van der Waals surface area (Å²) in [6, 6.07) is 8.55. The minimum absolute atomic E-state index is 0.725. The Balaban J connectivity index is 1.77. The molecule has 1 fully saturated rings. The molecule has 2 rings (SSSR count). The van der Waals surface area contributed by atoms with Crippen molar-refractivity contribution in [3.63, 3.8) is 0 Å². The standard InChI is InChI=1S/C19H32N4O/c1-3-17-8-5-6-9-18(17)16-22-19(20-4-2)21-10-7-11-23-12-14-24-15-13-23/h5-6,8-9H,3-4,7,10-16H2,1-2H3,(H2,20,21,22). The van der Waals surface area contributed by atoms with E-state index < -0.39 is 0 Å². The molecule has 2 N–H and O–H groups in total. The highest BCUT2D eigenvalue weighted by Gasteiger charge is 2.09. The van der Waals surface area contributed by atoms with Crippen LogP contribution in [0.25, 0.3) is 0 Å². The van der Waals surface area contributed by atoms with Gasteiger partial charge in [0.25, 0.3) is 0 Å². The molecule has 24 heavy (non-hydrogen) atoms. The molecule has 0 unspecified atom stereocenters. The second kappa shape index (κ2) is 11.0. The Morgan fingerprint density at radius 1 is 1.12 bits per heavy atom. The number of guanidine groups is 1. The van der Waals surface area contributed by atoms with Crippen LogP contribution in [0.4, 0.5) is 0 Å². The molecule has 1 heterocycles. The average Bonchev–Trinajstić information content (AvgIpc) is 2.64. The van der Waals surface area contributed by atoms with Gasteiger partial charge in [0.05, 0.1) is 19.8 Å². The van der Waals surface area contributed by atoms with Crippen LogP contribution in [-0.4, -0.2) is 56.8 Å². The van der Waals surface area contributed by atoms with Crippen molar-refractivity contribution in [3.8, 4) is 0 Å². The Labute approximate surface area is 146 Å². The molecule has 0 atom stereocenters. The van der Waals surface area contributed by atoms with E-state index in [4.69, 9.17) is 9.73 Å². The third kappa shape index (κ3) is 6.49. The first-order valence-electron chi connectivity index (χ1n) is 9.22. The summed E-state index contributed by atoms with van der Waals surface area (Å²) in [5.74, 6) is 0.908. The first-order chi connectivity index (χ1) is 11.8. The fourth-order valence-electron chi connectivity index (χ4n) is 2.90. The van der Waals surface area contributed by atoms with Crippen molar-refractivity contribution < 1.29 is 4.74 Å². The number of nitrogens with one attached hydrogen (secondary N) is 2. The molecule has 1 aliphatic rings. The van der Waals surface area contributed by atoms with Crippen molar-refractivity contribution in [3.05, 3.63) is 35.4 Å². The molecular weight excluding hydrogens is 300 g/mol. The molecule has 5 heteroatoms. The van der Waals surface area contributed by atoms with Crippen molar-refractivity contribution in [1.82, 2.24) is 15.5 Å². The summed E-state index contributed by atoms with van der Waals surface area (Å²) in [7, 11) is 0. The van der Waals surface area contributed by atoms with E-state index in [1.807, 2.05) is 0 Å². The maximum absolute atomic E-state index is 5.38. The van der Waals surface area contributed by atoms with E-state index in [9.17, 15) is 0 Å². The lowest BCUT2D eigenvalue weighted by molar-refractivity contribution is 0.0376. The third-order valence-corrected chi connectivity index (χ3v) is 4.30. The van der Waals surface area contributed by atoms with Gasteiger partial charge in [0.15, 0.2) is 5.96 Å². The first kappa shape index (κ1) is 18.7. The molecule has 0 aromatic heterocycles. The van der Waals surface area contributed by atoms with Gasteiger partial charge in [-0.2, -0.15) is 0 Å². The van der Waals surface area contributed by atoms with Crippen molar-refractivity contribution in [1.29, 1.82) is 0 Å². The number of ether oxygens (including phenoxy) is 1. The van der Waals surface area contributed by atoms with Gasteiger partial charge in [-0.15, -0.1) is 0 Å². The molecule has 1 aromatic rings. The first-order valence-corrected chi connectivity index (χ1v) is 9.22.